The first-order valence-corrected chi connectivity index (χ1v) is 6.30. The number of rotatable bonds is 4. The average molecular weight is 315 g/mol. The fourth-order valence-electron chi connectivity index (χ4n) is 1.99. The number of non-ortho nitro benzene ring substituents is 1. The third kappa shape index (κ3) is 3.11. The van der Waals surface area contributed by atoms with Gasteiger partial charge in [-0.05, 0) is 6.07 Å². The molecule has 1 aliphatic rings. The number of carboxylic acids is 1. The van der Waals surface area contributed by atoms with Gasteiger partial charge >= 0.3 is 5.97 Å². The summed E-state index contributed by atoms with van der Waals surface area (Å²) in [5.41, 5.74) is -1.95. The summed E-state index contributed by atoms with van der Waals surface area (Å²) in [5, 5.41) is 22.3. The van der Waals surface area contributed by atoms with Crippen molar-refractivity contribution in [1.82, 2.24) is 5.32 Å². The van der Waals surface area contributed by atoms with Gasteiger partial charge < -0.3 is 15.2 Å². The highest BCUT2D eigenvalue weighted by atomic mass is 35.5. The van der Waals surface area contributed by atoms with Crippen molar-refractivity contribution < 1.29 is 24.4 Å². The van der Waals surface area contributed by atoms with Crippen molar-refractivity contribution in [1.29, 1.82) is 0 Å². The van der Waals surface area contributed by atoms with Gasteiger partial charge in [-0.1, -0.05) is 11.6 Å². The molecule has 9 heteroatoms. The first-order valence-electron chi connectivity index (χ1n) is 5.93. The van der Waals surface area contributed by atoms with Crippen molar-refractivity contribution in [2.75, 3.05) is 13.2 Å². The molecule has 2 N–H and O–H groups in total. The van der Waals surface area contributed by atoms with Crippen LogP contribution in [-0.2, 0) is 9.53 Å². The van der Waals surface area contributed by atoms with E-state index >= 15 is 0 Å². The third-order valence-corrected chi connectivity index (χ3v) is 3.36. The minimum Gasteiger partial charge on any atom is -0.479 e. The molecule has 0 aromatic heterocycles. The van der Waals surface area contributed by atoms with E-state index in [2.05, 4.69) is 5.32 Å². The van der Waals surface area contributed by atoms with Crippen LogP contribution in [-0.4, -0.2) is 40.7 Å². The first kappa shape index (κ1) is 15.2. The molecule has 112 valence electrons. The number of benzene rings is 1. The van der Waals surface area contributed by atoms with E-state index in [-0.39, 0.29) is 35.9 Å². The quantitative estimate of drug-likeness (QED) is 0.637. The van der Waals surface area contributed by atoms with Crippen LogP contribution in [0.2, 0.25) is 5.02 Å². The van der Waals surface area contributed by atoms with Gasteiger partial charge in [-0.25, -0.2) is 4.79 Å². The molecular formula is C12H11ClN2O6. The maximum Gasteiger partial charge on any atom is 0.331 e. The van der Waals surface area contributed by atoms with Gasteiger partial charge in [-0.2, -0.15) is 0 Å². The van der Waals surface area contributed by atoms with Crippen LogP contribution >= 0.6 is 11.6 Å². The Morgan fingerprint density at radius 3 is 2.67 bits per heavy atom. The second-order valence-electron chi connectivity index (χ2n) is 4.60. The van der Waals surface area contributed by atoms with Crippen LogP contribution in [0.15, 0.2) is 18.2 Å². The number of nitrogens with one attached hydrogen (secondary N) is 1. The van der Waals surface area contributed by atoms with Gasteiger partial charge in [0.1, 0.15) is 0 Å². The van der Waals surface area contributed by atoms with E-state index in [4.69, 9.17) is 16.3 Å². The Hall–Kier alpha value is -2.19. The number of carbonyl (C=O) groups excluding carboxylic acids is 1. The highest BCUT2D eigenvalue weighted by Gasteiger charge is 2.44. The molecule has 1 atom stereocenters. The maximum atomic E-state index is 12.1. The van der Waals surface area contributed by atoms with E-state index in [1.807, 2.05) is 0 Å². The fraction of sp³-hybridized carbons (Fsp3) is 0.333. The molecule has 8 nitrogen and oxygen atoms in total. The van der Waals surface area contributed by atoms with Gasteiger partial charge in [-0.3, -0.25) is 14.9 Å². The van der Waals surface area contributed by atoms with E-state index < -0.39 is 22.3 Å². The lowest BCUT2D eigenvalue weighted by atomic mass is 9.98. The normalized spacial score (nSPS) is 21.0. The predicted octanol–water partition coefficient (Wildman–Crippen LogP) is 1.22. The zero-order valence-corrected chi connectivity index (χ0v) is 11.4. The second-order valence-corrected chi connectivity index (χ2v) is 5.04. The monoisotopic (exact) mass is 314 g/mol. The molecule has 0 radical (unpaired) electrons. The highest BCUT2D eigenvalue weighted by molar-refractivity contribution is 6.31. The number of nitrogens with zero attached hydrogens (tertiary/aromatic N) is 1. The van der Waals surface area contributed by atoms with Crippen molar-refractivity contribution >= 4 is 29.2 Å². The lowest BCUT2D eigenvalue weighted by Gasteiger charge is -2.23. The van der Waals surface area contributed by atoms with E-state index in [1.54, 1.807) is 0 Å². The molecule has 1 fully saturated rings. The van der Waals surface area contributed by atoms with Crippen LogP contribution in [0.5, 0.6) is 0 Å². The molecule has 0 aliphatic carbocycles. The number of amides is 1. The van der Waals surface area contributed by atoms with E-state index in [1.165, 1.54) is 6.07 Å². The van der Waals surface area contributed by atoms with Gasteiger partial charge in [0, 0.05) is 35.7 Å². The number of hydrogen-bond acceptors (Lipinski definition) is 5. The van der Waals surface area contributed by atoms with E-state index in [9.17, 15) is 24.8 Å². The Kier molecular flexibility index (Phi) is 4.10. The number of aliphatic carboxylic acids is 1. The van der Waals surface area contributed by atoms with Crippen LogP contribution in [0, 0.1) is 10.1 Å². The number of nitro groups is 1. The molecule has 1 aromatic carbocycles. The maximum absolute atomic E-state index is 12.1. The Morgan fingerprint density at radius 2 is 2.14 bits per heavy atom. The second kappa shape index (κ2) is 5.66. The highest BCUT2D eigenvalue weighted by Crippen LogP contribution is 2.23. The Bertz CT molecular complexity index is 612. The number of hydrogen-bond donors (Lipinski definition) is 2. The van der Waals surface area contributed by atoms with Gasteiger partial charge in [0.2, 0.25) is 0 Å². The van der Waals surface area contributed by atoms with Gasteiger partial charge in [0.25, 0.3) is 11.6 Å². The zero-order valence-electron chi connectivity index (χ0n) is 10.7. The molecule has 1 amide bonds. The molecule has 2 rings (SSSR count). The molecule has 1 aliphatic heterocycles. The summed E-state index contributed by atoms with van der Waals surface area (Å²) in [7, 11) is 0. The summed E-state index contributed by atoms with van der Waals surface area (Å²) in [6, 6.07) is 3.37. The minimum atomic E-state index is -1.52. The molecule has 21 heavy (non-hydrogen) atoms. The van der Waals surface area contributed by atoms with Gasteiger partial charge in [0.15, 0.2) is 5.54 Å². The van der Waals surface area contributed by atoms with E-state index in [0.717, 1.165) is 12.1 Å². The number of nitro benzene ring substituents is 1. The van der Waals surface area contributed by atoms with Gasteiger partial charge in [-0.15, -0.1) is 0 Å². The molecule has 1 saturated heterocycles. The van der Waals surface area contributed by atoms with E-state index in [0.29, 0.717) is 0 Å². The average Bonchev–Trinajstić information content (AvgIpc) is 2.87. The molecule has 0 saturated carbocycles. The Labute approximate surface area is 123 Å². The number of carbonyl (C=O) groups is 2. The molecule has 0 spiro atoms. The Balaban J connectivity index is 2.28. The summed E-state index contributed by atoms with van der Waals surface area (Å²) in [6.45, 7) is 0.0546. The SMILES string of the molecule is O=C(NC1(C(=O)O)CCOC1)c1cc(Cl)cc([N+](=O)[O-])c1. The van der Waals surface area contributed by atoms with Crippen LogP contribution in [0.4, 0.5) is 5.69 Å². The fourth-order valence-corrected chi connectivity index (χ4v) is 2.22. The molecule has 0 bridgehead atoms. The molecule has 1 heterocycles. The zero-order chi connectivity index (χ0) is 15.6. The number of halogens is 1. The summed E-state index contributed by atoms with van der Waals surface area (Å²) >= 11 is 5.73. The summed E-state index contributed by atoms with van der Waals surface area (Å²) in [4.78, 5) is 33.5. The third-order valence-electron chi connectivity index (χ3n) is 3.14. The summed E-state index contributed by atoms with van der Waals surface area (Å²) < 4.78 is 5.01. The van der Waals surface area contributed by atoms with Crippen LogP contribution in [0.25, 0.3) is 0 Å². The smallest absolute Gasteiger partial charge is 0.331 e. The summed E-state index contributed by atoms with van der Waals surface area (Å²) in [6.07, 6.45) is 0.122. The number of ether oxygens (including phenoxy) is 1. The lowest BCUT2D eigenvalue weighted by Crippen LogP contribution is -2.55. The molecule has 1 unspecified atom stereocenters. The molecular weight excluding hydrogens is 304 g/mol. The van der Waals surface area contributed by atoms with Gasteiger partial charge in [0.05, 0.1) is 11.5 Å². The Morgan fingerprint density at radius 1 is 1.43 bits per heavy atom. The van der Waals surface area contributed by atoms with Crippen molar-refractivity contribution in [3.63, 3.8) is 0 Å². The van der Waals surface area contributed by atoms with Crippen molar-refractivity contribution in [2.45, 2.75) is 12.0 Å². The van der Waals surface area contributed by atoms with Crippen molar-refractivity contribution in [3.8, 4) is 0 Å². The largest absolute Gasteiger partial charge is 0.479 e. The predicted molar refractivity (Wildman–Crippen MR) is 71.4 cm³/mol. The first-order chi connectivity index (χ1) is 9.84. The van der Waals surface area contributed by atoms with Crippen LogP contribution in [0.3, 0.4) is 0 Å². The van der Waals surface area contributed by atoms with Crippen LogP contribution in [0.1, 0.15) is 16.8 Å². The number of carboxylic acid groups (broad SMARTS) is 1. The lowest BCUT2D eigenvalue weighted by molar-refractivity contribution is -0.384. The topological polar surface area (TPSA) is 119 Å². The molecule has 1 aromatic rings. The van der Waals surface area contributed by atoms with Crippen molar-refractivity contribution in [2.24, 2.45) is 0 Å². The standard InChI is InChI=1S/C12H11ClN2O6/c13-8-3-7(4-9(5-8)15(19)20)10(16)14-12(11(17)18)1-2-21-6-12/h3-5H,1-2,6H2,(H,14,16)(H,17,18). The summed E-state index contributed by atoms with van der Waals surface area (Å²) in [5.74, 6) is -1.97. The van der Waals surface area contributed by atoms with Crippen molar-refractivity contribution in [3.05, 3.63) is 38.9 Å². The van der Waals surface area contributed by atoms with Crippen LogP contribution < -0.4 is 5.32 Å². The minimum absolute atomic E-state index is 0.0152.